The van der Waals surface area contributed by atoms with Crippen molar-refractivity contribution in [2.24, 2.45) is 52.3 Å². The second-order valence-corrected chi connectivity index (χ2v) is 12.8. The van der Waals surface area contributed by atoms with Gasteiger partial charge in [0.15, 0.2) is 0 Å². The van der Waals surface area contributed by atoms with Crippen molar-refractivity contribution in [3.8, 4) is 0 Å². The van der Waals surface area contributed by atoms with Gasteiger partial charge in [-0.25, -0.2) is 0 Å². The molecule has 3 saturated carbocycles. The van der Waals surface area contributed by atoms with Crippen molar-refractivity contribution in [1.82, 2.24) is 0 Å². The van der Waals surface area contributed by atoms with Gasteiger partial charge < -0.3 is 4.74 Å². The van der Waals surface area contributed by atoms with Crippen molar-refractivity contribution in [3.05, 3.63) is 23.8 Å². The molecule has 0 radical (unpaired) electrons. The number of carbonyl (C=O) groups is 2. The quantitative estimate of drug-likeness (QED) is 0.327. The minimum absolute atomic E-state index is 0.0233. The summed E-state index contributed by atoms with van der Waals surface area (Å²) in [6.45, 7) is 15.6. The van der Waals surface area contributed by atoms with E-state index in [1.807, 2.05) is 0 Å². The zero-order chi connectivity index (χ0) is 24.1. The van der Waals surface area contributed by atoms with Gasteiger partial charge in [-0.05, 0) is 84.9 Å². The molecule has 0 amide bonds. The van der Waals surface area contributed by atoms with Gasteiger partial charge in [-0.2, -0.15) is 0 Å². The Kier molecular flexibility index (Phi) is 6.75. The molecule has 3 nitrogen and oxygen atoms in total. The van der Waals surface area contributed by atoms with Crippen molar-refractivity contribution < 1.29 is 14.3 Å². The fourth-order valence-electron chi connectivity index (χ4n) is 8.26. The number of Topliss-reactive ketones (excluding diaryl/α,β-unsaturated/α-hetero) is 1. The molecule has 0 aromatic rings. The van der Waals surface area contributed by atoms with E-state index in [9.17, 15) is 9.59 Å². The average Bonchev–Trinajstić information content (AvgIpc) is 3.07. The highest BCUT2D eigenvalue weighted by Gasteiger charge is 2.61. The maximum Gasteiger partial charge on any atom is 0.302 e. The predicted molar refractivity (Wildman–Crippen MR) is 133 cm³/mol. The van der Waals surface area contributed by atoms with Gasteiger partial charge in [0, 0.05) is 19.3 Å². The van der Waals surface area contributed by atoms with Crippen LogP contribution < -0.4 is 0 Å². The largest absolute Gasteiger partial charge is 0.463 e. The third-order valence-electron chi connectivity index (χ3n) is 10.5. The summed E-state index contributed by atoms with van der Waals surface area (Å²) in [6, 6.07) is 0. The molecule has 0 saturated heterocycles. The summed E-state index contributed by atoms with van der Waals surface area (Å²) < 4.78 is 5.58. The minimum atomic E-state index is -0.178. The Morgan fingerprint density at radius 1 is 1.09 bits per heavy atom. The zero-order valence-electron chi connectivity index (χ0n) is 22.0. The Morgan fingerprint density at radius 2 is 1.82 bits per heavy atom. The number of allylic oxidation sites excluding steroid dienone is 4. The van der Waals surface area contributed by atoms with Gasteiger partial charge in [0.25, 0.3) is 0 Å². The Hall–Kier alpha value is -1.38. The van der Waals surface area contributed by atoms with Crippen LogP contribution in [0.3, 0.4) is 0 Å². The average molecular weight is 455 g/mol. The second-order valence-electron chi connectivity index (χ2n) is 12.8. The molecular weight excluding hydrogens is 408 g/mol. The summed E-state index contributed by atoms with van der Waals surface area (Å²) in [7, 11) is 0. The van der Waals surface area contributed by atoms with E-state index >= 15 is 0 Å². The molecule has 2 unspecified atom stereocenters. The molecule has 0 heterocycles. The van der Waals surface area contributed by atoms with E-state index in [4.69, 9.17) is 4.74 Å². The summed E-state index contributed by atoms with van der Waals surface area (Å²) in [6.07, 6.45) is 14.4. The highest BCUT2D eigenvalue weighted by molar-refractivity contribution is 5.87. The third kappa shape index (κ3) is 4.27. The molecule has 33 heavy (non-hydrogen) atoms. The first-order valence-corrected chi connectivity index (χ1v) is 13.6. The number of esters is 1. The first-order valence-electron chi connectivity index (χ1n) is 13.6. The maximum absolute atomic E-state index is 13.9. The lowest BCUT2D eigenvalue weighted by Crippen LogP contribution is -2.54. The van der Waals surface area contributed by atoms with Crippen LogP contribution in [-0.2, 0) is 14.3 Å². The van der Waals surface area contributed by atoms with E-state index in [1.54, 1.807) is 0 Å². The maximum atomic E-state index is 13.9. The topological polar surface area (TPSA) is 43.4 Å². The van der Waals surface area contributed by atoms with Gasteiger partial charge in [0.2, 0.25) is 0 Å². The van der Waals surface area contributed by atoms with Crippen LogP contribution in [0.4, 0.5) is 0 Å². The molecule has 4 aliphatic rings. The monoisotopic (exact) mass is 454 g/mol. The number of carbonyl (C=O) groups excluding carboxylic acids is 2. The SMILES string of the molecule is CC(=O)OC1CC[C@@]2(C)C(CC=C3[C@@H]2C(=O)C[C@]2(C)[C@@H]([C@H](C)C=C[C@H](C)C(C)C)CC[C@@H]32)C1. The Labute approximate surface area is 201 Å². The number of hydrogen-bond acceptors (Lipinski definition) is 3. The Bertz CT molecular complexity index is 837. The van der Waals surface area contributed by atoms with Gasteiger partial charge in [-0.3, -0.25) is 9.59 Å². The minimum Gasteiger partial charge on any atom is -0.463 e. The first kappa shape index (κ1) is 24.7. The number of hydrogen-bond donors (Lipinski definition) is 0. The van der Waals surface area contributed by atoms with Gasteiger partial charge >= 0.3 is 5.97 Å². The molecule has 4 aliphatic carbocycles. The lowest BCUT2D eigenvalue weighted by Gasteiger charge is -2.56. The summed E-state index contributed by atoms with van der Waals surface area (Å²) in [5.41, 5.74) is 1.59. The number of ketones is 1. The van der Waals surface area contributed by atoms with Crippen LogP contribution >= 0.6 is 0 Å². The van der Waals surface area contributed by atoms with E-state index < -0.39 is 0 Å². The van der Waals surface area contributed by atoms with Crippen molar-refractivity contribution in [3.63, 3.8) is 0 Å². The summed E-state index contributed by atoms with van der Waals surface area (Å²) in [4.78, 5) is 25.4. The van der Waals surface area contributed by atoms with Crippen LogP contribution in [0.15, 0.2) is 23.8 Å². The predicted octanol–water partition coefficient (Wildman–Crippen LogP) is 7.16. The molecule has 0 spiro atoms. The molecule has 3 fully saturated rings. The molecule has 0 aliphatic heterocycles. The molecule has 4 rings (SSSR count). The summed E-state index contributed by atoms with van der Waals surface area (Å²) in [5.74, 6) is 3.72. The number of rotatable bonds is 5. The highest BCUT2D eigenvalue weighted by atomic mass is 16.5. The summed E-state index contributed by atoms with van der Waals surface area (Å²) >= 11 is 0. The third-order valence-corrected chi connectivity index (χ3v) is 10.5. The van der Waals surface area contributed by atoms with Crippen molar-refractivity contribution in [2.75, 3.05) is 0 Å². The van der Waals surface area contributed by atoms with E-state index in [0.717, 1.165) is 32.1 Å². The van der Waals surface area contributed by atoms with Crippen LogP contribution in [0.25, 0.3) is 0 Å². The van der Waals surface area contributed by atoms with Crippen molar-refractivity contribution in [1.29, 1.82) is 0 Å². The normalized spacial score (nSPS) is 42.4. The molecule has 0 N–H and O–H groups in total. The molecule has 0 aromatic heterocycles. The molecule has 184 valence electrons. The van der Waals surface area contributed by atoms with E-state index in [1.165, 1.54) is 25.3 Å². The second kappa shape index (κ2) is 9.00. The lowest BCUT2D eigenvalue weighted by molar-refractivity contribution is -0.154. The van der Waals surface area contributed by atoms with Gasteiger partial charge in [-0.15, -0.1) is 0 Å². The number of ether oxygens (including phenoxy) is 1. The smallest absolute Gasteiger partial charge is 0.302 e. The molecule has 9 atom stereocenters. The van der Waals surface area contributed by atoms with E-state index in [2.05, 4.69) is 59.8 Å². The first-order chi connectivity index (χ1) is 15.5. The fourth-order valence-corrected chi connectivity index (χ4v) is 8.26. The zero-order valence-corrected chi connectivity index (χ0v) is 22.0. The lowest BCUT2D eigenvalue weighted by atomic mass is 9.47. The van der Waals surface area contributed by atoms with E-state index in [-0.39, 0.29) is 28.8 Å². The van der Waals surface area contributed by atoms with Crippen LogP contribution in [0.1, 0.15) is 93.4 Å². The Morgan fingerprint density at radius 3 is 2.48 bits per heavy atom. The van der Waals surface area contributed by atoms with Crippen molar-refractivity contribution >= 4 is 11.8 Å². The standard InChI is InChI=1S/C30H46O3/c1-18(2)19(3)8-9-20(4)25-12-13-26-24-11-10-22-16-23(33-21(5)31)14-15-29(22,6)28(24)27(32)17-30(25,26)7/h8-9,11,18-20,22-23,25-26,28H,10,12-17H2,1-7H3/t19-,20+,22?,23?,25+,26-,28+,29-,30+/m0/s1. The molecule has 0 bridgehead atoms. The molecule has 0 aromatic carbocycles. The molecule has 3 heteroatoms. The van der Waals surface area contributed by atoms with Crippen LogP contribution in [0.2, 0.25) is 0 Å². The molecular formula is C30H46O3. The van der Waals surface area contributed by atoms with E-state index in [0.29, 0.717) is 41.3 Å². The van der Waals surface area contributed by atoms with Gasteiger partial charge in [0.1, 0.15) is 11.9 Å². The van der Waals surface area contributed by atoms with Crippen molar-refractivity contribution in [2.45, 2.75) is 99.5 Å². The fraction of sp³-hybridized carbons (Fsp3) is 0.800. The Balaban J connectivity index is 1.56. The van der Waals surface area contributed by atoms with Gasteiger partial charge in [-0.1, -0.05) is 65.3 Å². The van der Waals surface area contributed by atoms with Crippen LogP contribution in [-0.4, -0.2) is 17.9 Å². The number of fused-ring (bicyclic) bond motifs is 5. The van der Waals surface area contributed by atoms with Gasteiger partial charge in [0.05, 0.1) is 0 Å². The van der Waals surface area contributed by atoms with Crippen LogP contribution in [0.5, 0.6) is 0 Å². The summed E-state index contributed by atoms with van der Waals surface area (Å²) in [5, 5.41) is 0. The highest BCUT2D eigenvalue weighted by Crippen LogP contribution is 2.65. The van der Waals surface area contributed by atoms with Crippen LogP contribution in [0, 0.1) is 52.3 Å².